The summed E-state index contributed by atoms with van der Waals surface area (Å²) in [6, 6.07) is 3.39. The molecule has 2 saturated heterocycles. The van der Waals surface area contributed by atoms with Crippen LogP contribution >= 0.6 is 11.3 Å². The van der Waals surface area contributed by atoms with Gasteiger partial charge >= 0.3 is 0 Å². The number of rotatable bonds is 7. The molecule has 2 aliphatic heterocycles. The van der Waals surface area contributed by atoms with Gasteiger partial charge in [-0.05, 0) is 44.3 Å². The van der Waals surface area contributed by atoms with Crippen LogP contribution in [0.2, 0.25) is 0 Å². The highest BCUT2D eigenvalue weighted by Crippen LogP contribution is 2.26. The number of nitrogens with zero attached hydrogens (tertiary/aromatic N) is 3. The van der Waals surface area contributed by atoms with Crippen LogP contribution in [0.3, 0.4) is 0 Å². The summed E-state index contributed by atoms with van der Waals surface area (Å²) in [6.45, 7) is 6.96. The van der Waals surface area contributed by atoms with Crippen molar-refractivity contribution in [1.29, 1.82) is 0 Å². The van der Waals surface area contributed by atoms with Gasteiger partial charge in [-0.15, -0.1) is 11.3 Å². The van der Waals surface area contributed by atoms with Crippen LogP contribution in [0.15, 0.2) is 21.7 Å². The molecule has 1 amide bonds. The van der Waals surface area contributed by atoms with E-state index in [1.54, 1.807) is 17.5 Å². The molecule has 0 saturated carbocycles. The lowest BCUT2D eigenvalue weighted by atomic mass is 9.97. The molecule has 1 aromatic heterocycles. The molecular formula is C18H30N4O3S2. The number of carbonyl (C=O) groups is 1. The molecule has 0 unspecified atom stereocenters. The second kappa shape index (κ2) is 9.47. The molecule has 0 radical (unpaired) electrons. The van der Waals surface area contributed by atoms with Crippen molar-refractivity contribution in [2.24, 2.45) is 5.92 Å². The van der Waals surface area contributed by atoms with Crippen LogP contribution in [0.1, 0.15) is 19.3 Å². The Bertz CT molecular complexity index is 692. The number of piperidine rings is 1. The van der Waals surface area contributed by atoms with Crippen LogP contribution in [0.4, 0.5) is 0 Å². The predicted octanol–water partition coefficient (Wildman–Crippen LogP) is 0.903. The Morgan fingerprint density at radius 1 is 1.19 bits per heavy atom. The van der Waals surface area contributed by atoms with E-state index in [2.05, 4.69) is 22.2 Å². The lowest BCUT2D eigenvalue weighted by molar-refractivity contribution is -0.126. The molecule has 1 N–H and O–H groups in total. The number of carbonyl (C=O) groups excluding carboxylic acids is 1. The Labute approximate surface area is 166 Å². The fourth-order valence-corrected chi connectivity index (χ4v) is 6.24. The number of sulfonamides is 1. The summed E-state index contributed by atoms with van der Waals surface area (Å²) >= 11 is 1.24. The third-order valence-electron chi connectivity index (χ3n) is 5.46. The SMILES string of the molecule is CN1CCN(CCCNC(=O)C2CCN(S(=O)(=O)c3cccs3)CC2)CC1. The van der Waals surface area contributed by atoms with Gasteiger partial charge in [0.15, 0.2) is 0 Å². The van der Waals surface area contributed by atoms with E-state index in [9.17, 15) is 13.2 Å². The zero-order valence-corrected chi connectivity index (χ0v) is 17.6. The van der Waals surface area contributed by atoms with Gasteiger partial charge in [0.1, 0.15) is 4.21 Å². The minimum absolute atomic E-state index is 0.0709. The molecule has 3 heterocycles. The maximum atomic E-state index is 12.5. The molecule has 152 valence electrons. The van der Waals surface area contributed by atoms with Crippen LogP contribution in [0, 0.1) is 5.92 Å². The van der Waals surface area contributed by atoms with E-state index < -0.39 is 10.0 Å². The Morgan fingerprint density at radius 3 is 2.52 bits per heavy atom. The van der Waals surface area contributed by atoms with Crippen molar-refractivity contribution in [3.8, 4) is 0 Å². The maximum Gasteiger partial charge on any atom is 0.252 e. The van der Waals surface area contributed by atoms with E-state index in [-0.39, 0.29) is 11.8 Å². The average Bonchev–Trinajstić information content (AvgIpc) is 3.22. The van der Waals surface area contributed by atoms with Crippen molar-refractivity contribution in [2.75, 3.05) is 59.4 Å². The minimum atomic E-state index is -3.39. The number of hydrogen-bond donors (Lipinski definition) is 1. The molecule has 2 fully saturated rings. The largest absolute Gasteiger partial charge is 0.356 e. The van der Waals surface area contributed by atoms with Crippen LogP contribution < -0.4 is 5.32 Å². The van der Waals surface area contributed by atoms with Gasteiger partial charge in [-0.2, -0.15) is 4.31 Å². The number of thiophene rings is 1. The molecule has 0 spiro atoms. The molecule has 27 heavy (non-hydrogen) atoms. The molecule has 7 nitrogen and oxygen atoms in total. The second-order valence-corrected chi connectivity index (χ2v) is 10.5. The number of likely N-dealkylation sites (N-methyl/N-ethyl adjacent to an activating group) is 1. The molecule has 3 rings (SSSR count). The first-order valence-corrected chi connectivity index (χ1v) is 12.0. The standard InChI is InChI=1S/C18H30N4O3S2/c1-20-11-13-21(14-12-20)8-3-7-19-18(23)16-5-9-22(10-6-16)27(24,25)17-4-2-15-26-17/h2,4,15-16H,3,5-14H2,1H3,(H,19,23). The lowest BCUT2D eigenvalue weighted by Crippen LogP contribution is -2.45. The average molecular weight is 415 g/mol. The van der Waals surface area contributed by atoms with E-state index in [4.69, 9.17) is 0 Å². The smallest absolute Gasteiger partial charge is 0.252 e. The molecule has 0 aliphatic carbocycles. The van der Waals surface area contributed by atoms with Gasteiger partial charge in [0.05, 0.1) is 0 Å². The Morgan fingerprint density at radius 2 is 1.89 bits per heavy atom. The lowest BCUT2D eigenvalue weighted by Gasteiger charge is -2.32. The number of piperazine rings is 1. The third kappa shape index (κ3) is 5.51. The van der Waals surface area contributed by atoms with Gasteiger partial charge in [0.2, 0.25) is 5.91 Å². The van der Waals surface area contributed by atoms with Gasteiger partial charge in [-0.1, -0.05) is 6.07 Å². The first-order chi connectivity index (χ1) is 13.0. The topological polar surface area (TPSA) is 73.0 Å². The van der Waals surface area contributed by atoms with Crippen molar-refractivity contribution in [2.45, 2.75) is 23.5 Å². The zero-order valence-electron chi connectivity index (χ0n) is 16.0. The monoisotopic (exact) mass is 414 g/mol. The van der Waals surface area contributed by atoms with Gasteiger partial charge < -0.3 is 15.1 Å². The van der Waals surface area contributed by atoms with Crippen molar-refractivity contribution < 1.29 is 13.2 Å². The van der Waals surface area contributed by atoms with Crippen molar-refractivity contribution in [3.63, 3.8) is 0 Å². The molecule has 0 aromatic carbocycles. The number of hydrogen-bond acceptors (Lipinski definition) is 6. The van der Waals surface area contributed by atoms with E-state index in [1.165, 1.54) is 15.6 Å². The summed E-state index contributed by atoms with van der Waals surface area (Å²) in [5, 5.41) is 4.81. The molecule has 2 aliphatic rings. The fourth-order valence-electron chi connectivity index (χ4n) is 3.63. The van der Waals surface area contributed by atoms with Crippen LogP contribution in [0.5, 0.6) is 0 Å². The Balaban J connectivity index is 1.35. The molecule has 0 bridgehead atoms. The summed E-state index contributed by atoms with van der Waals surface area (Å²) in [6.07, 6.45) is 2.14. The molecule has 9 heteroatoms. The fraction of sp³-hybridized carbons (Fsp3) is 0.722. The van der Waals surface area contributed by atoms with Gasteiger partial charge in [0.25, 0.3) is 10.0 Å². The van der Waals surface area contributed by atoms with Crippen molar-refractivity contribution in [1.82, 2.24) is 19.4 Å². The Hall–Kier alpha value is -1.00. The van der Waals surface area contributed by atoms with Crippen LogP contribution in [0.25, 0.3) is 0 Å². The molecule has 0 atom stereocenters. The van der Waals surface area contributed by atoms with Crippen LogP contribution in [-0.2, 0) is 14.8 Å². The predicted molar refractivity (Wildman–Crippen MR) is 107 cm³/mol. The Kier molecular flexibility index (Phi) is 7.27. The summed E-state index contributed by atoms with van der Waals surface area (Å²) in [4.78, 5) is 17.2. The third-order valence-corrected chi connectivity index (χ3v) is 8.73. The summed E-state index contributed by atoms with van der Waals surface area (Å²) < 4.78 is 27.0. The number of nitrogens with one attached hydrogen (secondary N) is 1. The molecular weight excluding hydrogens is 384 g/mol. The highest BCUT2D eigenvalue weighted by Gasteiger charge is 2.32. The normalized spacial score (nSPS) is 21.4. The summed E-state index contributed by atoms with van der Waals surface area (Å²) in [5.74, 6) is -0.00929. The highest BCUT2D eigenvalue weighted by atomic mass is 32.2. The first-order valence-electron chi connectivity index (χ1n) is 9.69. The van der Waals surface area contributed by atoms with Gasteiger partial charge in [-0.25, -0.2) is 8.42 Å². The molecule has 1 aromatic rings. The summed E-state index contributed by atoms with van der Waals surface area (Å²) in [7, 11) is -1.25. The van der Waals surface area contributed by atoms with E-state index in [0.29, 0.717) is 36.7 Å². The van der Waals surface area contributed by atoms with Crippen molar-refractivity contribution >= 4 is 27.3 Å². The van der Waals surface area contributed by atoms with Crippen LogP contribution in [-0.4, -0.2) is 87.8 Å². The van der Waals surface area contributed by atoms with Gasteiger partial charge in [0, 0.05) is 51.7 Å². The quantitative estimate of drug-likeness (QED) is 0.671. The maximum absolute atomic E-state index is 12.5. The first kappa shape index (κ1) is 20.7. The van der Waals surface area contributed by atoms with E-state index in [0.717, 1.165) is 39.1 Å². The summed E-state index contributed by atoms with van der Waals surface area (Å²) in [5.41, 5.74) is 0. The minimum Gasteiger partial charge on any atom is -0.356 e. The van der Waals surface area contributed by atoms with E-state index in [1.807, 2.05) is 0 Å². The highest BCUT2D eigenvalue weighted by molar-refractivity contribution is 7.91. The zero-order chi connectivity index (χ0) is 19.3. The second-order valence-electron chi connectivity index (χ2n) is 7.40. The van der Waals surface area contributed by atoms with Gasteiger partial charge in [-0.3, -0.25) is 4.79 Å². The van der Waals surface area contributed by atoms with Crippen molar-refractivity contribution in [3.05, 3.63) is 17.5 Å². The number of amides is 1. The van der Waals surface area contributed by atoms with E-state index >= 15 is 0 Å².